The molecular weight excluding hydrogens is 250 g/mol. The van der Waals surface area contributed by atoms with Crippen molar-refractivity contribution in [2.24, 2.45) is 5.92 Å². The number of hydrogen-bond donors (Lipinski definition) is 0. The van der Waals surface area contributed by atoms with Crippen molar-refractivity contribution in [3.05, 3.63) is 22.9 Å². The second-order valence-corrected chi connectivity index (χ2v) is 5.89. The predicted molar refractivity (Wildman–Crippen MR) is 77.8 cm³/mol. The highest BCUT2D eigenvalue weighted by atomic mass is 16.5. The van der Waals surface area contributed by atoms with E-state index >= 15 is 0 Å². The van der Waals surface area contributed by atoms with Gasteiger partial charge in [0.05, 0.1) is 12.2 Å². The van der Waals surface area contributed by atoms with Gasteiger partial charge in [-0.3, -0.25) is 0 Å². The highest BCUT2D eigenvalue weighted by Gasteiger charge is 2.21. The fourth-order valence-electron chi connectivity index (χ4n) is 3.26. The van der Waals surface area contributed by atoms with Crippen LogP contribution in [0.2, 0.25) is 0 Å². The Morgan fingerprint density at radius 1 is 1.45 bits per heavy atom. The molecule has 0 saturated carbocycles. The van der Waals surface area contributed by atoms with Crippen LogP contribution in [0.15, 0.2) is 6.07 Å². The molecule has 4 nitrogen and oxygen atoms in total. The third-order valence-corrected chi connectivity index (χ3v) is 4.30. The van der Waals surface area contributed by atoms with Crippen LogP contribution in [-0.4, -0.2) is 31.8 Å². The average molecular weight is 271 g/mol. The first kappa shape index (κ1) is 13.4. The van der Waals surface area contributed by atoms with Crippen LogP contribution in [0.3, 0.4) is 0 Å². The van der Waals surface area contributed by atoms with Gasteiger partial charge in [-0.05, 0) is 49.7 Å². The Kier molecular flexibility index (Phi) is 3.88. The van der Waals surface area contributed by atoms with E-state index < -0.39 is 0 Å². The zero-order chi connectivity index (χ0) is 13.9. The van der Waals surface area contributed by atoms with E-state index in [9.17, 15) is 5.26 Å². The van der Waals surface area contributed by atoms with Gasteiger partial charge in [-0.25, -0.2) is 4.98 Å². The summed E-state index contributed by atoms with van der Waals surface area (Å²) in [5.41, 5.74) is 3.16. The minimum Gasteiger partial charge on any atom is -0.381 e. The van der Waals surface area contributed by atoms with E-state index in [-0.39, 0.29) is 0 Å². The summed E-state index contributed by atoms with van der Waals surface area (Å²) in [5.74, 6) is 1.40. The first-order chi connectivity index (χ1) is 9.78. The largest absolute Gasteiger partial charge is 0.381 e. The molecule has 0 radical (unpaired) electrons. The molecule has 1 aromatic heterocycles. The maximum Gasteiger partial charge on any atom is 0.146 e. The Balaban J connectivity index is 1.79. The maximum absolute atomic E-state index is 9.36. The molecule has 106 valence electrons. The molecule has 4 heteroatoms. The summed E-state index contributed by atoms with van der Waals surface area (Å²) in [6, 6.07) is 4.35. The lowest BCUT2D eigenvalue weighted by Gasteiger charge is -2.28. The van der Waals surface area contributed by atoms with E-state index in [0.29, 0.717) is 11.5 Å². The van der Waals surface area contributed by atoms with Crippen molar-refractivity contribution < 1.29 is 4.74 Å². The Morgan fingerprint density at radius 2 is 2.35 bits per heavy atom. The highest BCUT2D eigenvalue weighted by molar-refractivity contribution is 5.56. The van der Waals surface area contributed by atoms with Crippen LogP contribution >= 0.6 is 0 Å². The molecule has 0 aromatic carbocycles. The lowest BCUT2D eigenvalue weighted by Crippen LogP contribution is -2.32. The lowest BCUT2D eigenvalue weighted by atomic mass is 10.0. The molecule has 2 aliphatic rings. The zero-order valence-electron chi connectivity index (χ0n) is 12.1. The number of aromatic nitrogens is 1. The third kappa shape index (κ3) is 2.64. The number of nitrogens with zero attached hydrogens (tertiary/aromatic N) is 3. The number of rotatable bonds is 3. The van der Waals surface area contributed by atoms with Crippen LogP contribution in [0.1, 0.15) is 36.1 Å². The summed E-state index contributed by atoms with van der Waals surface area (Å²) in [6.45, 7) is 2.64. The standard InChI is InChI=1S/C16H21N3O/c1-19(10-12-4-3-7-20-11-12)16-14(9-17)8-13-5-2-6-15(13)18-16/h8,12H,2-7,10-11H2,1H3. The number of anilines is 1. The van der Waals surface area contributed by atoms with Crippen molar-refractivity contribution >= 4 is 5.82 Å². The number of hydrogen-bond acceptors (Lipinski definition) is 4. The molecule has 0 spiro atoms. The first-order valence-corrected chi connectivity index (χ1v) is 7.49. The van der Waals surface area contributed by atoms with Gasteiger partial charge in [-0.15, -0.1) is 0 Å². The molecule has 0 bridgehead atoms. The van der Waals surface area contributed by atoms with Gasteiger partial charge in [0.25, 0.3) is 0 Å². The normalized spacial score (nSPS) is 21.3. The molecule has 1 atom stereocenters. The molecule has 1 saturated heterocycles. The van der Waals surface area contributed by atoms with Crippen molar-refractivity contribution in [1.29, 1.82) is 5.26 Å². The lowest BCUT2D eigenvalue weighted by molar-refractivity contribution is 0.0576. The van der Waals surface area contributed by atoms with Gasteiger partial charge in [0, 0.05) is 25.9 Å². The Bertz CT molecular complexity index is 529. The minimum atomic E-state index is 0.551. The molecule has 1 aliphatic heterocycles. The van der Waals surface area contributed by atoms with Crippen molar-refractivity contribution in [2.75, 3.05) is 31.7 Å². The molecular formula is C16H21N3O. The molecule has 1 aromatic rings. The third-order valence-electron chi connectivity index (χ3n) is 4.30. The van der Waals surface area contributed by atoms with E-state index in [2.05, 4.69) is 11.0 Å². The molecule has 1 fully saturated rings. The van der Waals surface area contributed by atoms with Crippen LogP contribution in [0.4, 0.5) is 5.82 Å². The zero-order valence-corrected chi connectivity index (χ0v) is 12.1. The average Bonchev–Trinajstić information content (AvgIpc) is 2.94. The summed E-state index contributed by atoms with van der Waals surface area (Å²) in [7, 11) is 2.04. The number of pyridine rings is 1. The van der Waals surface area contributed by atoms with E-state index in [1.165, 1.54) is 17.7 Å². The molecule has 3 rings (SSSR count). The van der Waals surface area contributed by atoms with Crippen LogP contribution in [-0.2, 0) is 17.6 Å². The van der Waals surface area contributed by atoms with Gasteiger partial charge in [-0.2, -0.15) is 5.26 Å². The summed E-state index contributed by atoms with van der Waals surface area (Å²) >= 11 is 0. The SMILES string of the molecule is CN(CC1CCCOC1)c1nc2c(cc1C#N)CCC2. The molecule has 20 heavy (non-hydrogen) atoms. The Hall–Kier alpha value is -1.60. The molecule has 1 unspecified atom stereocenters. The Morgan fingerprint density at radius 3 is 3.10 bits per heavy atom. The molecule has 1 aliphatic carbocycles. The number of fused-ring (bicyclic) bond motifs is 1. The number of aryl methyl sites for hydroxylation is 2. The maximum atomic E-state index is 9.36. The summed E-state index contributed by atoms with van der Waals surface area (Å²) in [5, 5.41) is 9.36. The smallest absolute Gasteiger partial charge is 0.146 e. The van der Waals surface area contributed by atoms with Gasteiger partial charge in [-0.1, -0.05) is 0 Å². The van der Waals surface area contributed by atoms with Crippen LogP contribution in [0.25, 0.3) is 0 Å². The van der Waals surface area contributed by atoms with E-state index in [1.807, 2.05) is 13.1 Å². The van der Waals surface area contributed by atoms with Crippen molar-refractivity contribution in [1.82, 2.24) is 4.98 Å². The van der Waals surface area contributed by atoms with Gasteiger partial charge in [0.15, 0.2) is 0 Å². The van der Waals surface area contributed by atoms with E-state index in [1.54, 1.807) is 0 Å². The highest BCUT2D eigenvalue weighted by Crippen LogP contribution is 2.27. The molecule has 0 amide bonds. The van der Waals surface area contributed by atoms with Gasteiger partial charge in [0.1, 0.15) is 11.9 Å². The van der Waals surface area contributed by atoms with E-state index in [0.717, 1.165) is 51.3 Å². The quantitative estimate of drug-likeness (QED) is 0.846. The van der Waals surface area contributed by atoms with Crippen LogP contribution < -0.4 is 4.90 Å². The van der Waals surface area contributed by atoms with Crippen molar-refractivity contribution in [3.63, 3.8) is 0 Å². The van der Waals surface area contributed by atoms with Gasteiger partial charge >= 0.3 is 0 Å². The second-order valence-electron chi connectivity index (χ2n) is 5.89. The summed E-state index contributed by atoms with van der Waals surface area (Å²) in [6.07, 6.45) is 5.63. The van der Waals surface area contributed by atoms with Gasteiger partial charge < -0.3 is 9.64 Å². The Labute approximate surface area is 120 Å². The van der Waals surface area contributed by atoms with Crippen molar-refractivity contribution in [3.8, 4) is 6.07 Å². The molecule has 0 N–H and O–H groups in total. The number of nitriles is 1. The van der Waals surface area contributed by atoms with Gasteiger partial charge in [0.2, 0.25) is 0 Å². The van der Waals surface area contributed by atoms with Crippen molar-refractivity contribution in [2.45, 2.75) is 32.1 Å². The fourth-order valence-corrected chi connectivity index (χ4v) is 3.26. The first-order valence-electron chi connectivity index (χ1n) is 7.49. The summed E-state index contributed by atoms with van der Waals surface area (Å²) in [4.78, 5) is 6.89. The molecule has 2 heterocycles. The predicted octanol–water partition coefficient (Wildman–Crippen LogP) is 2.30. The number of ether oxygens (including phenoxy) is 1. The van der Waals surface area contributed by atoms with Crippen LogP contribution in [0.5, 0.6) is 0 Å². The fraction of sp³-hybridized carbons (Fsp3) is 0.625. The second kappa shape index (κ2) is 5.80. The minimum absolute atomic E-state index is 0.551. The summed E-state index contributed by atoms with van der Waals surface area (Å²) < 4.78 is 5.54. The van der Waals surface area contributed by atoms with Crippen LogP contribution in [0, 0.1) is 17.2 Å². The monoisotopic (exact) mass is 271 g/mol. The topological polar surface area (TPSA) is 49.1 Å². The van der Waals surface area contributed by atoms with E-state index in [4.69, 9.17) is 9.72 Å².